The summed E-state index contributed by atoms with van der Waals surface area (Å²) < 4.78 is 2.01. The van der Waals surface area contributed by atoms with Crippen LogP contribution in [0.5, 0.6) is 0 Å². The zero-order valence-corrected chi connectivity index (χ0v) is 15.8. The van der Waals surface area contributed by atoms with E-state index in [4.69, 9.17) is 11.6 Å². The van der Waals surface area contributed by atoms with Crippen molar-refractivity contribution in [3.63, 3.8) is 0 Å². The highest BCUT2D eigenvalue weighted by atomic mass is 35.5. The SMILES string of the molecule is Cn1nc(-c2cccs2)cc1CN1CCN(c2ccccc2Cl)CC1. The van der Waals surface area contributed by atoms with Crippen LogP contribution >= 0.6 is 22.9 Å². The number of rotatable bonds is 4. The Hall–Kier alpha value is -1.82. The van der Waals surface area contributed by atoms with Gasteiger partial charge in [0.2, 0.25) is 0 Å². The van der Waals surface area contributed by atoms with Crippen LogP contribution in [-0.2, 0) is 13.6 Å². The fourth-order valence-corrected chi connectivity index (χ4v) is 4.22. The standard InChI is InChI=1S/C19H21ClN4S/c1-22-15(13-17(21-22)19-7-4-12-25-19)14-23-8-10-24(11-9-23)18-6-3-2-5-16(18)20/h2-7,12-13H,8-11,14H2,1H3. The Morgan fingerprint density at radius 1 is 1.08 bits per heavy atom. The van der Waals surface area contributed by atoms with Crippen LogP contribution in [-0.4, -0.2) is 40.9 Å². The Kier molecular flexibility index (Phi) is 4.79. The van der Waals surface area contributed by atoms with Gasteiger partial charge in [0.05, 0.1) is 21.3 Å². The van der Waals surface area contributed by atoms with Gasteiger partial charge in [0.1, 0.15) is 5.69 Å². The van der Waals surface area contributed by atoms with Crippen LogP contribution in [0.1, 0.15) is 5.69 Å². The zero-order valence-electron chi connectivity index (χ0n) is 14.2. The molecule has 1 fully saturated rings. The molecule has 1 saturated heterocycles. The first-order valence-electron chi connectivity index (χ1n) is 8.49. The Morgan fingerprint density at radius 2 is 1.88 bits per heavy atom. The normalized spacial score (nSPS) is 15.7. The molecule has 0 unspecified atom stereocenters. The highest BCUT2D eigenvalue weighted by Gasteiger charge is 2.20. The summed E-state index contributed by atoms with van der Waals surface area (Å²) in [4.78, 5) is 6.09. The van der Waals surface area contributed by atoms with Crippen LogP contribution in [0.15, 0.2) is 47.8 Å². The number of hydrogen-bond donors (Lipinski definition) is 0. The minimum absolute atomic E-state index is 0.836. The van der Waals surface area contributed by atoms with Gasteiger partial charge in [-0.2, -0.15) is 5.10 Å². The summed E-state index contributed by atoms with van der Waals surface area (Å²) in [5.74, 6) is 0. The highest BCUT2D eigenvalue weighted by Crippen LogP contribution is 2.27. The topological polar surface area (TPSA) is 24.3 Å². The van der Waals surface area contributed by atoms with E-state index in [0.29, 0.717) is 0 Å². The maximum Gasteiger partial charge on any atom is 0.103 e. The van der Waals surface area contributed by atoms with Crippen molar-refractivity contribution in [2.24, 2.45) is 7.05 Å². The van der Waals surface area contributed by atoms with Gasteiger partial charge in [-0.15, -0.1) is 11.3 Å². The fourth-order valence-electron chi connectivity index (χ4n) is 3.28. The maximum atomic E-state index is 6.33. The van der Waals surface area contributed by atoms with Crippen molar-refractivity contribution in [1.82, 2.24) is 14.7 Å². The summed E-state index contributed by atoms with van der Waals surface area (Å²) in [5.41, 5.74) is 3.47. The third-order valence-corrected chi connectivity index (χ3v) is 5.91. The van der Waals surface area contributed by atoms with Crippen LogP contribution in [0.25, 0.3) is 10.6 Å². The van der Waals surface area contributed by atoms with Crippen molar-refractivity contribution in [2.75, 3.05) is 31.1 Å². The molecule has 0 bridgehead atoms. The van der Waals surface area contributed by atoms with Crippen molar-refractivity contribution < 1.29 is 0 Å². The Labute approximate surface area is 157 Å². The molecule has 3 aromatic rings. The molecule has 0 spiro atoms. The third-order valence-electron chi connectivity index (χ3n) is 4.70. The lowest BCUT2D eigenvalue weighted by molar-refractivity contribution is 0.244. The van der Waals surface area contributed by atoms with E-state index < -0.39 is 0 Å². The van der Waals surface area contributed by atoms with Crippen LogP contribution in [0, 0.1) is 0 Å². The average Bonchev–Trinajstić information content (AvgIpc) is 3.27. The first kappa shape index (κ1) is 16.6. The molecular weight excluding hydrogens is 352 g/mol. The molecule has 1 aliphatic heterocycles. The molecule has 4 nitrogen and oxygen atoms in total. The Bertz CT molecular complexity index is 835. The van der Waals surface area contributed by atoms with Gasteiger partial charge in [0.25, 0.3) is 0 Å². The number of halogens is 1. The molecule has 0 atom stereocenters. The summed E-state index contributed by atoms with van der Waals surface area (Å²) in [7, 11) is 2.03. The molecule has 0 N–H and O–H groups in total. The van der Waals surface area contributed by atoms with Crippen LogP contribution < -0.4 is 4.90 Å². The van der Waals surface area contributed by atoms with E-state index in [2.05, 4.69) is 50.6 Å². The molecule has 1 aromatic carbocycles. The largest absolute Gasteiger partial charge is 0.368 e. The number of para-hydroxylation sites is 1. The number of hydrogen-bond acceptors (Lipinski definition) is 4. The lowest BCUT2D eigenvalue weighted by Crippen LogP contribution is -2.46. The van der Waals surface area contributed by atoms with E-state index in [1.54, 1.807) is 11.3 Å². The van der Waals surface area contributed by atoms with Crippen molar-refractivity contribution in [3.8, 4) is 10.6 Å². The number of aryl methyl sites for hydroxylation is 1. The molecule has 130 valence electrons. The van der Waals surface area contributed by atoms with Crippen molar-refractivity contribution in [3.05, 3.63) is 58.6 Å². The predicted molar refractivity (Wildman–Crippen MR) is 105 cm³/mol. The number of piperazine rings is 1. The summed E-state index contributed by atoms with van der Waals surface area (Å²) in [5, 5.41) is 7.60. The minimum Gasteiger partial charge on any atom is -0.368 e. The molecular formula is C19H21ClN4S. The number of aromatic nitrogens is 2. The fraction of sp³-hybridized carbons (Fsp3) is 0.316. The van der Waals surface area contributed by atoms with E-state index >= 15 is 0 Å². The van der Waals surface area contributed by atoms with Gasteiger partial charge in [-0.25, -0.2) is 0 Å². The third kappa shape index (κ3) is 3.59. The minimum atomic E-state index is 0.836. The van der Waals surface area contributed by atoms with Crippen molar-refractivity contribution >= 4 is 28.6 Å². The van der Waals surface area contributed by atoms with Gasteiger partial charge in [0.15, 0.2) is 0 Å². The molecule has 0 aliphatic carbocycles. The zero-order chi connectivity index (χ0) is 17.2. The smallest absolute Gasteiger partial charge is 0.103 e. The van der Waals surface area contributed by atoms with E-state index in [1.807, 2.05) is 23.9 Å². The lowest BCUT2D eigenvalue weighted by atomic mass is 10.2. The van der Waals surface area contributed by atoms with Gasteiger partial charge in [0, 0.05) is 39.8 Å². The number of thiophene rings is 1. The molecule has 0 amide bonds. The van der Waals surface area contributed by atoms with Gasteiger partial charge in [-0.1, -0.05) is 29.8 Å². The molecule has 0 saturated carbocycles. The Morgan fingerprint density at radius 3 is 2.60 bits per heavy atom. The first-order chi connectivity index (χ1) is 12.2. The summed E-state index contributed by atoms with van der Waals surface area (Å²) >= 11 is 8.06. The number of benzene rings is 1. The Balaban J connectivity index is 1.40. The summed E-state index contributed by atoms with van der Waals surface area (Å²) in [6.07, 6.45) is 0. The molecule has 3 heterocycles. The van der Waals surface area contributed by atoms with E-state index in [-0.39, 0.29) is 0 Å². The summed E-state index contributed by atoms with van der Waals surface area (Å²) in [6.45, 7) is 5.00. The van der Waals surface area contributed by atoms with Crippen LogP contribution in [0.2, 0.25) is 5.02 Å². The molecule has 0 radical (unpaired) electrons. The average molecular weight is 373 g/mol. The lowest BCUT2D eigenvalue weighted by Gasteiger charge is -2.36. The second kappa shape index (κ2) is 7.20. The van der Waals surface area contributed by atoms with E-state index in [1.165, 1.54) is 10.6 Å². The number of nitrogens with zero attached hydrogens (tertiary/aromatic N) is 4. The van der Waals surface area contributed by atoms with Crippen LogP contribution in [0.4, 0.5) is 5.69 Å². The molecule has 6 heteroatoms. The van der Waals surface area contributed by atoms with Gasteiger partial charge in [-0.05, 0) is 29.6 Å². The highest BCUT2D eigenvalue weighted by molar-refractivity contribution is 7.13. The molecule has 2 aromatic heterocycles. The first-order valence-corrected chi connectivity index (χ1v) is 9.75. The molecule has 25 heavy (non-hydrogen) atoms. The van der Waals surface area contributed by atoms with E-state index in [0.717, 1.165) is 49.1 Å². The van der Waals surface area contributed by atoms with Gasteiger partial charge >= 0.3 is 0 Å². The van der Waals surface area contributed by atoms with Crippen LogP contribution in [0.3, 0.4) is 0 Å². The number of anilines is 1. The monoisotopic (exact) mass is 372 g/mol. The summed E-state index contributed by atoms with van der Waals surface area (Å²) in [6, 6.07) is 14.5. The quantitative estimate of drug-likeness (QED) is 0.688. The second-order valence-corrected chi connectivity index (χ2v) is 7.69. The predicted octanol–water partition coefficient (Wildman–Crippen LogP) is 4.12. The second-order valence-electron chi connectivity index (χ2n) is 6.34. The van der Waals surface area contributed by atoms with Gasteiger partial charge in [-0.3, -0.25) is 9.58 Å². The maximum absolute atomic E-state index is 6.33. The van der Waals surface area contributed by atoms with Crippen molar-refractivity contribution in [1.29, 1.82) is 0 Å². The molecule has 4 rings (SSSR count). The van der Waals surface area contributed by atoms with Gasteiger partial charge < -0.3 is 4.90 Å². The van der Waals surface area contributed by atoms with E-state index in [9.17, 15) is 0 Å². The molecule has 1 aliphatic rings. The van der Waals surface area contributed by atoms with Crippen molar-refractivity contribution in [2.45, 2.75) is 6.54 Å².